The summed E-state index contributed by atoms with van der Waals surface area (Å²) in [6.07, 6.45) is 2.50. The normalized spacial score (nSPS) is 14.5. The first-order valence-electron chi connectivity index (χ1n) is 5.09. The molecular formula is C12H10ClNO3. The van der Waals surface area contributed by atoms with Crippen molar-refractivity contribution in [1.82, 2.24) is 4.90 Å². The number of hydrogen-bond donors (Lipinski definition) is 0. The van der Waals surface area contributed by atoms with Gasteiger partial charge in [0.05, 0.1) is 6.54 Å². The molecule has 0 aliphatic carbocycles. The molecule has 1 aliphatic heterocycles. The van der Waals surface area contributed by atoms with Crippen molar-refractivity contribution in [2.24, 2.45) is 0 Å². The van der Waals surface area contributed by atoms with E-state index in [1.807, 2.05) is 0 Å². The molecule has 0 saturated heterocycles. The Bertz CT molecular complexity index is 466. The number of halogens is 1. The number of rotatable bonds is 4. The number of hydrogen-bond acceptors (Lipinski definition) is 3. The van der Waals surface area contributed by atoms with Crippen LogP contribution in [0.1, 0.15) is 0 Å². The van der Waals surface area contributed by atoms with Gasteiger partial charge in [-0.15, -0.1) is 0 Å². The lowest BCUT2D eigenvalue weighted by atomic mass is 10.3. The van der Waals surface area contributed by atoms with Crippen LogP contribution < -0.4 is 4.74 Å². The molecule has 88 valence electrons. The Hall–Kier alpha value is -1.81. The summed E-state index contributed by atoms with van der Waals surface area (Å²) < 4.78 is 5.39. The molecule has 1 aromatic carbocycles. The second-order valence-corrected chi connectivity index (χ2v) is 3.90. The molecule has 1 heterocycles. The van der Waals surface area contributed by atoms with Crippen LogP contribution in [0.5, 0.6) is 5.75 Å². The molecule has 2 amide bonds. The van der Waals surface area contributed by atoms with Crippen molar-refractivity contribution >= 4 is 23.4 Å². The average Bonchev–Trinajstić information content (AvgIpc) is 2.61. The van der Waals surface area contributed by atoms with Crippen LogP contribution in [-0.4, -0.2) is 29.9 Å². The van der Waals surface area contributed by atoms with Gasteiger partial charge < -0.3 is 4.74 Å². The summed E-state index contributed by atoms with van der Waals surface area (Å²) in [5.41, 5.74) is 0. The van der Waals surface area contributed by atoms with Crippen LogP contribution in [0.3, 0.4) is 0 Å². The lowest BCUT2D eigenvalue weighted by molar-refractivity contribution is -0.137. The summed E-state index contributed by atoms with van der Waals surface area (Å²) in [5, 5.41) is 0.581. The first-order chi connectivity index (χ1) is 8.16. The topological polar surface area (TPSA) is 46.6 Å². The van der Waals surface area contributed by atoms with E-state index in [4.69, 9.17) is 16.3 Å². The average molecular weight is 252 g/mol. The summed E-state index contributed by atoms with van der Waals surface area (Å²) >= 11 is 5.79. The Labute approximate surface area is 103 Å². The number of imide groups is 1. The maximum atomic E-state index is 11.2. The van der Waals surface area contributed by atoms with E-state index in [-0.39, 0.29) is 25.0 Å². The third kappa shape index (κ3) is 2.85. The minimum absolute atomic E-state index is 0.233. The van der Waals surface area contributed by atoms with E-state index in [0.717, 1.165) is 4.90 Å². The smallest absolute Gasteiger partial charge is 0.253 e. The lowest BCUT2D eigenvalue weighted by Gasteiger charge is -2.14. The van der Waals surface area contributed by atoms with Crippen molar-refractivity contribution in [2.75, 3.05) is 13.2 Å². The van der Waals surface area contributed by atoms with E-state index in [1.54, 1.807) is 24.3 Å². The lowest BCUT2D eigenvalue weighted by Crippen LogP contribution is -2.33. The highest BCUT2D eigenvalue weighted by molar-refractivity contribution is 6.30. The largest absolute Gasteiger partial charge is 0.492 e. The molecule has 0 aromatic heterocycles. The number of carbonyl (C=O) groups is 2. The molecule has 2 rings (SSSR count). The zero-order valence-electron chi connectivity index (χ0n) is 8.93. The molecule has 0 unspecified atom stereocenters. The van der Waals surface area contributed by atoms with Gasteiger partial charge in [-0.3, -0.25) is 14.5 Å². The zero-order chi connectivity index (χ0) is 12.3. The van der Waals surface area contributed by atoms with Crippen molar-refractivity contribution < 1.29 is 14.3 Å². The van der Waals surface area contributed by atoms with Gasteiger partial charge >= 0.3 is 0 Å². The second kappa shape index (κ2) is 5.01. The fourth-order valence-electron chi connectivity index (χ4n) is 1.46. The van der Waals surface area contributed by atoms with Crippen molar-refractivity contribution in [1.29, 1.82) is 0 Å². The third-order valence-electron chi connectivity index (χ3n) is 2.28. The minimum Gasteiger partial charge on any atom is -0.492 e. The molecule has 0 bridgehead atoms. The molecule has 0 atom stereocenters. The van der Waals surface area contributed by atoms with E-state index in [2.05, 4.69) is 0 Å². The van der Waals surface area contributed by atoms with Crippen molar-refractivity contribution in [3.8, 4) is 5.75 Å². The van der Waals surface area contributed by atoms with Gasteiger partial charge in [0.15, 0.2) is 0 Å². The van der Waals surface area contributed by atoms with E-state index in [9.17, 15) is 9.59 Å². The van der Waals surface area contributed by atoms with E-state index < -0.39 is 0 Å². The van der Waals surface area contributed by atoms with Crippen LogP contribution in [0.25, 0.3) is 0 Å². The molecule has 1 aliphatic rings. The Morgan fingerprint density at radius 1 is 1.18 bits per heavy atom. The number of ether oxygens (including phenoxy) is 1. The van der Waals surface area contributed by atoms with Crippen LogP contribution in [0, 0.1) is 0 Å². The molecule has 4 nitrogen and oxygen atoms in total. The molecule has 0 spiro atoms. The molecular weight excluding hydrogens is 242 g/mol. The van der Waals surface area contributed by atoms with Gasteiger partial charge in [0, 0.05) is 17.2 Å². The van der Waals surface area contributed by atoms with Crippen molar-refractivity contribution in [3.05, 3.63) is 41.4 Å². The van der Waals surface area contributed by atoms with Crippen LogP contribution in [0.2, 0.25) is 5.02 Å². The highest BCUT2D eigenvalue weighted by atomic mass is 35.5. The molecule has 1 aromatic rings. The monoisotopic (exact) mass is 251 g/mol. The third-order valence-corrected chi connectivity index (χ3v) is 2.52. The van der Waals surface area contributed by atoms with E-state index in [1.165, 1.54) is 12.2 Å². The van der Waals surface area contributed by atoms with Crippen LogP contribution >= 0.6 is 11.6 Å². The second-order valence-electron chi connectivity index (χ2n) is 3.47. The quantitative estimate of drug-likeness (QED) is 0.765. The number of benzene rings is 1. The van der Waals surface area contributed by atoms with Gasteiger partial charge in [-0.1, -0.05) is 17.7 Å². The van der Waals surface area contributed by atoms with Crippen molar-refractivity contribution in [3.63, 3.8) is 0 Å². The van der Waals surface area contributed by atoms with E-state index in [0.29, 0.717) is 10.8 Å². The number of carbonyl (C=O) groups excluding carboxylic acids is 2. The summed E-state index contributed by atoms with van der Waals surface area (Å²) in [6, 6.07) is 6.95. The Kier molecular flexibility index (Phi) is 3.44. The Morgan fingerprint density at radius 2 is 1.88 bits per heavy atom. The fraction of sp³-hybridized carbons (Fsp3) is 0.167. The highest BCUT2D eigenvalue weighted by Gasteiger charge is 2.22. The predicted octanol–water partition coefficient (Wildman–Crippen LogP) is 1.64. The van der Waals surface area contributed by atoms with E-state index >= 15 is 0 Å². The first kappa shape index (κ1) is 11.7. The van der Waals surface area contributed by atoms with Gasteiger partial charge in [0.2, 0.25) is 0 Å². The summed E-state index contributed by atoms with van der Waals surface area (Å²) in [5.74, 6) is 0.0129. The molecule has 0 saturated carbocycles. The van der Waals surface area contributed by atoms with Gasteiger partial charge in [0.1, 0.15) is 12.4 Å². The van der Waals surface area contributed by atoms with Crippen LogP contribution in [0.4, 0.5) is 0 Å². The summed E-state index contributed by atoms with van der Waals surface area (Å²) in [7, 11) is 0. The molecule has 0 fully saturated rings. The zero-order valence-corrected chi connectivity index (χ0v) is 9.68. The molecule has 17 heavy (non-hydrogen) atoms. The molecule has 5 heteroatoms. The van der Waals surface area contributed by atoms with Gasteiger partial charge in [0.25, 0.3) is 11.8 Å². The Balaban J connectivity index is 1.84. The Morgan fingerprint density at radius 3 is 2.53 bits per heavy atom. The maximum absolute atomic E-state index is 11.2. The highest BCUT2D eigenvalue weighted by Crippen LogP contribution is 2.17. The SMILES string of the molecule is O=C1C=CC(=O)N1CCOc1cccc(Cl)c1. The predicted molar refractivity (Wildman–Crippen MR) is 62.8 cm³/mol. The van der Waals surface area contributed by atoms with Gasteiger partial charge in [-0.2, -0.15) is 0 Å². The number of nitrogens with zero attached hydrogens (tertiary/aromatic N) is 1. The minimum atomic E-state index is -0.301. The van der Waals surface area contributed by atoms with Gasteiger partial charge in [-0.25, -0.2) is 0 Å². The summed E-state index contributed by atoms with van der Waals surface area (Å²) in [4.78, 5) is 23.6. The number of amides is 2. The maximum Gasteiger partial charge on any atom is 0.253 e. The fourth-order valence-corrected chi connectivity index (χ4v) is 1.64. The van der Waals surface area contributed by atoms with Gasteiger partial charge in [-0.05, 0) is 18.2 Å². The van der Waals surface area contributed by atoms with Crippen LogP contribution in [-0.2, 0) is 9.59 Å². The standard InChI is InChI=1S/C12H10ClNO3/c13-9-2-1-3-10(8-9)17-7-6-14-11(15)4-5-12(14)16/h1-5,8H,6-7H2. The first-order valence-corrected chi connectivity index (χ1v) is 5.46. The summed E-state index contributed by atoms with van der Waals surface area (Å²) in [6.45, 7) is 0.483. The molecule has 0 radical (unpaired) electrons. The van der Waals surface area contributed by atoms with Crippen LogP contribution in [0.15, 0.2) is 36.4 Å². The van der Waals surface area contributed by atoms with Crippen molar-refractivity contribution in [2.45, 2.75) is 0 Å². The molecule has 0 N–H and O–H groups in total.